The molecule has 3 aromatic rings. The van der Waals surface area contributed by atoms with Crippen LogP contribution >= 0.6 is 0 Å². The van der Waals surface area contributed by atoms with Crippen LogP contribution in [-0.2, 0) is 10.2 Å². The Morgan fingerprint density at radius 1 is 1.03 bits per heavy atom. The van der Waals surface area contributed by atoms with E-state index in [2.05, 4.69) is 19.8 Å². The van der Waals surface area contributed by atoms with Crippen LogP contribution in [0.4, 0.5) is 19.0 Å². The first-order valence-electron chi connectivity index (χ1n) is 10.4. The number of hydrogen-bond acceptors (Lipinski definition) is 5. The summed E-state index contributed by atoms with van der Waals surface area (Å²) < 4.78 is 49.9. The van der Waals surface area contributed by atoms with E-state index in [1.165, 1.54) is 24.3 Å². The zero-order chi connectivity index (χ0) is 24.3. The number of anilines is 1. The molecule has 170 valence electrons. The van der Waals surface area contributed by atoms with E-state index in [9.17, 15) is 22.8 Å². The van der Waals surface area contributed by atoms with Crippen molar-refractivity contribution in [1.29, 1.82) is 0 Å². The number of fused-ring (bicyclic) bond motifs is 1. The van der Waals surface area contributed by atoms with Gasteiger partial charge in [0, 0.05) is 11.1 Å². The fourth-order valence-corrected chi connectivity index (χ4v) is 4.01. The third kappa shape index (κ3) is 3.78. The lowest BCUT2D eigenvalue weighted by Crippen LogP contribution is -2.28. The van der Waals surface area contributed by atoms with Gasteiger partial charge in [0.15, 0.2) is 19.3 Å². The summed E-state index contributed by atoms with van der Waals surface area (Å²) in [6.45, 7) is 1.78. The summed E-state index contributed by atoms with van der Waals surface area (Å²) in [7, 11) is 5.16. The maximum absolute atomic E-state index is 14.3. The maximum Gasteiger partial charge on any atom is 0.586 e. The molecule has 0 saturated heterocycles. The predicted molar refractivity (Wildman–Crippen MR) is 117 cm³/mol. The molecule has 1 saturated carbocycles. The van der Waals surface area contributed by atoms with Crippen molar-refractivity contribution in [1.82, 2.24) is 4.98 Å². The molecule has 0 bridgehead atoms. The number of hydrogen-bond donors (Lipinski definition) is 1. The second-order valence-corrected chi connectivity index (χ2v) is 8.29. The summed E-state index contributed by atoms with van der Waals surface area (Å²) in [6, 6.07) is 11.6. The number of carbonyl (C=O) groups is 2. The quantitative estimate of drug-likeness (QED) is 0.563. The van der Waals surface area contributed by atoms with Crippen molar-refractivity contribution in [3.05, 3.63) is 71.0 Å². The molecule has 1 amide bonds. The molecular weight excluding hydrogens is 448 g/mol. The van der Waals surface area contributed by atoms with Gasteiger partial charge in [-0.1, -0.05) is 18.2 Å². The first kappa shape index (κ1) is 22.0. The van der Waals surface area contributed by atoms with Crippen LogP contribution in [0.25, 0.3) is 11.3 Å². The average molecular weight is 464 g/mol. The molecule has 0 atom stereocenters. The second kappa shape index (κ2) is 7.61. The van der Waals surface area contributed by atoms with Gasteiger partial charge in [-0.3, -0.25) is 4.79 Å². The van der Waals surface area contributed by atoms with E-state index in [1.807, 2.05) is 0 Å². The van der Waals surface area contributed by atoms with Gasteiger partial charge in [0.2, 0.25) is 5.91 Å². The molecular formula is C24H16BF3N2O4. The van der Waals surface area contributed by atoms with Crippen LogP contribution in [0.2, 0.25) is 0 Å². The zero-order valence-corrected chi connectivity index (χ0v) is 17.8. The summed E-state index contributed by atoms with van der Waals surface area (Å²) in [5, 5.41) is 2.77. The van der Waals surface area contributed by atoms with Gasteiger partial charge in [-0.2, -0.15) is 0 Å². The zero-order valence-electron chi connectivity index (χ0n) is 17.8. The minimum absolute atomic E-state index is 0.0932. The van der Waals surface area contributed by atoms with Crippen molar-refractivity contribution in [3.63, 3.8) is 0 Å². The number of benzene rings is 2. The number of carbonyl (C=O) groups excluding carboxylic acids is 2. The van der Waals surface area contributed by atoms with Gasteiger partial charge in [-0.25, -0.2) is 9.37 Å². The molecule has 1 N–H and O–H groups in total. The molecule has 6 nitrogen and oxygen atoms in total. The normalized spacial score (nSPS) is 16.7. The molecule has 34 heavy (non-hydrogen) atoms. The van der Waals surface area contributed by atoms with Crippen molar-refractivity contribution >= 4 is 25.3 Å². The van der Waals surface area contributed by atoms with E-state index >= 15 is 0 Å². The van der Waals surface area contributed by atoms with Gasteiger partial charge in [0.05, 0.1) is 11.1 Å². The monoisotopic (exact) mass is 464 g/mol. The molecule has 2 radical (unpaired) electrons. The Morgan fingerprint density at radius 2 is 1.76 bits per heavy atom. The van der Waals surface area contributed by atoms with Crippen LogP contribution in [0.15, 0.2) is 48.5 Å². The number of rotatable bonds is 5. The van der Waals surface area contributed by atoms with Gasteiger partial charge in [0.1, 0.15) is 17.3 Å². The molecule has 1 aliphatic heterocycles. The van der Waals surface area contributed by atoms with Gasteiger partial charge in [-0.15, -0.1) is 8.78 Å². The first-order valence-corrected chi connectivity index (χ1v) is 10.4. The molecule has 2 heterocycles. The molecule has 1 aliphatic carbocycles. The lowest BCUT2D eigenvalue weighted by molar-refractivity contribution is -0.286. The number of aromatic nitrogens is 1. The summed E-state index contributed by atoms with van der Waals surface area (Å²) in [5.74, 6) is -1.10. The van der Waals surface area contributed by atoms with Gasteiger partial charge in [-0.05, 0) is 61.2 Å². The van der Waals surface area contributed by atoms with Gasteiger partial charge in [0.25, 0.3) is 0 Å². The highest BCUT2D eigenvalue weighted by atomic mass is 19.3. The van der Waals surface area contributed by atoms with E-state index in [4.69, 9.17) is 7.85 Å². The van der Waals surface area contributed by atoms with Crippen molar-refractivity contribution in [2.45, 2.75) is 31.5 Å². The SMILES string of the molecule is [B]C(=O)c1ccc(-c2nc(NC(=O)C3(c4ccc5c(c4)OC(F)(F)O5)CC3)ccc2C)cc1F. The van der Waals surface area contributed by atoms with Crippen LogP contribution in [0.3, 0.4) is 0 Å². The van der Waals surface area contributed by atoms with E-state index in [-0.39, 0.29) is 28.8 Å². The molecule has 10 heteroatoms. The molecule has 0 spiro atoms. The minimum Gasteiger partial charge on any atom is -0.395 e. The fraction of sp³-hybridized carbons (Fsp3) is 0.208. The first-order chi connectivity index (χ1) is 16.1. The number of aryl methyl sites for hydroxylation is 1. The van der Waals surface area contributed by atoms with E-state index in [1.54, 1.807) is 25.1 Å². The van der Waals surface area contributed by atoms with E-state index in [0.717, 1.165) is 11.6 Å². The van der Waals surface area contributed by atoms with Crippen LogP contribution in [0.1, 0.15) is 34.3 Å². The topological polar surface area (TPSA) is 77.5 Å². The molecule has 1 aromatic heterocycles. The summed E-state index contributed by atoms with van der Waals surface area (Å²) in [6.07, 6.45) is -2.70. The number of ether oxygens (including phenoxy) is 2. The summed E-state index contributed by atoms with van der Waals surface area (Å²) >= 11 is 0. The van der Waals surface area contributed by atoms with Crippen LogP contribution in [0, 0.1) is 12.7 Å². The van der Waals surface area contributed by atoms with E-state index < -0.39 is 23.2 Å². The molecule has 5 rings (SSSR count). The van der Waals surface area contributed by atoms with Crippen LogP contribution in [-0.4, -0.2) is 30.7 Å². The van der Waals surface area contributed by atoms with Gasteiger partial charge < -0.3 is 19.6 Å². The Balaban J connectivity index is 1.40. The standard InChI is InChI=1S/C24H16BF3N2O4/c1-12-2-7-19(29-20(12)13-3-5-15(21(25)31)16(26)10-13)30-22(32)23(8-9-23)14-4-6-17-18(11-14)34-24(27,28)33-17/h2-7,10-11H,8-9H2,1H3,(H,29,30,32). The Hall–Kier alpha value is -3.82. The lowest BCUT2D eigenvalue weighted by Gasteiger charge is -2.17. The Kier molecular flexibility index (Phi) is 4.93. The van der Waals surface area contributed by atoms with Crippen molar-refractivity contribution < 1.29 is 32.2 Å². The lowest BCUT2D eigenvalue weighted by atomic mass is 9.93. The molecule has 2 aliphatic rings. The smallest absolute Gasteiger partial charge is 0.395 e. The number of amides is 1. The fourth-order valence-electron chi connectivity index (χ4n) is 4.01. The number of nitrogens with zero attached hydrogens (tertiary/aromatic N) is 1. The number of pyridine rings is 1. The summed E-state index contributed by atoms with van der Waals surface area (Å²) in [5.41, 5.74) is 0.0678. The summed E-state index contributed by atoms with van der Waals surface area (Å²) in [4.78, 5) is 28.9. The maximum atomic E-state index is 14.3. The number of halogens is 3. The molecule has 0 unspecified atom stereocenters. The van der Waals surface area contributed by atoms with Crippen molar-refractivity contribution in [2.24, 2.45) is 0 Å². The Morgan fingerprint density at radius 3 is 2.44 bits per heavy atom. The number of nitrogens with one attached hydrogen (secondary N) is 1. The highest BCUT2D eigenvalue weighted by molar-refractivity contribution is 6.62. The predicted octanol–water partition coefficient (Wildman–Crippen LogP) is 4.50. The average Bonchev–Trinajstić information content (AvgIpc) is 3.52. The van der Waals surface area contributed by atoms with Crippen LogP contribution < -0.4 is 14.8 Å². The highest BCUT2D eigenvalue weighted by Crippen LogP contribution is 2.52. The van der Waals surface area contributed by atoms with Crippen molar-refractivity contribution in [2.75, 3.05) is 5.32 Å². The largest absolute Gasteiger partial charge is 0.586 e. The van der Waals surface area contributed by atoms with Crippen molar-refractivity contribution in [3.8, 4) is 22.8 Å². The third-order valence-electron chi connectivity index (χ3n) is 5.99. The van der Waals surface area contributed by atoms with E-state index in [0.29, 0.717) is 29.7 Å². The van der Waals surface area contributed by atoms with Crippen LogP contribution in [0.5, 0.6) is 11.5 Å². The van der Waals surface area contributed by atoms with Gasteiger partial charge >= 0.3 is 6.29 Å². The molecule has 1 fully saturated rings. The number of alkyl halides is 2. The highest BCUT2D eigenvalue weighted by Gasteiger charge is 2.53. The Labute approximate surface area is 193 Å². The minimum atomic E-state index is -3.74. The Bertz CT molecular complexity index is 1360. The third-order valence-corrected chi connectivity index (χ3v) is 5.99. The second-order valence-electron chi connectivity index (χ2n) is 8.29. The molecule has 2 aromatic carbocycles.